The molecule has 0 aromatic heterocycles. The highest BCUT2D eigenvalue weighted by atomic mass is 19.1. The number of halogens is 1. The Bertz CT molecular complexity index is 385. The lowest BCUT2D eigenvalue weighted by Gasteiger charge is -2.15. The first-order valence-corrected chi connectivity index (χ1v) is 5.54. The van der Waals surface area contributed by atoms with Crippen LogP contribution in [0, 0.1) is 5.82 Å². The molecule has 2 aliphatic heterocycles. The van der Waals surface area contributed by atoms with E-state index < -0.39 is 0 Å². The van der Waals surface area contributed by atoms with E-state index in [1.807, 2.05) is 0 Å². The van der Waals surface area contributed by atoms with Gasteiger partial charge >= 0.3 is 0 Å². The Kier molecular flexibility index (Phi) is 2.13. The first-order valence-electron chi connectivity index (χ1n) is 5.54. The van der Waals surface area contributed by atoms with Gasteiger partial charge in [0.25, 0.3) is 0 Å². The smallest absolute Gasteiger partial charge is 0.128 e. The number of ether oxygens (including phenoxy) is 1. The number of fused-ring (bicyclic) bond motifs is 1. The zero-order chi connectivity index (χ0) is 10.3. The molecule has 1 atom stereocenters. The minimum atomic E-state index is -0.0846. The van der Waals surface area contributed by atoms with E-state index in [0.717, 1.165) is 42.7 Å². The first-order chi connectivity index (χ1) is 7.36. The maximum atomic E-state index is 13.8. The van der Waals surface area contributed by atoms with Crippen molar-refractivity contribution < 1.29 is 9.13 Å². The molecule has 80 valence electrons. The van der Waals surface area contributed by atoms with Crippen LogP contribution in [0.3, 0.4) is 0 Å². The third kappa shape index (κ3) is 1.42. The maximum absolute atomic E-state index is 13.8. The Morgan fingerprint density at radius 1 is 1.40 bits per heavy atom. The maximum Gasteiger partial charge on any atom is 0.128 e. The second kappa shape index (κ2) is 3.49. The lowest BCUT2D eigenvalue weighted by molar-refractivity contribution is 0.356. The number of benzene rings is 1. The molecular formula is C12H14FNO. The third-order valence-corrected chi connectivity index (χ3v) is 3.28. The second-order valence-corrected chi connectivity index (χ2v) is 4.19. The Labute approximate surface area is 88.4 Å². The molecule has 0 aliphatic carbocycles. The Hall–Kier alpha value is -1.09. The van der Waals surface area contributed by atoms with Gasteiger partial charge < -0.3 is 10.1 Å². The van der Waals surface area contributed by atoms with Gasteiger partial charge in [-0.25, -0.2) is 4.39 Å². The van der Waals surface area contributed by atoms with Crippen molar-refractivity contribution in [2.75, 3.05) is 13.2 Å². The highest BCUT2D eigenvalue weighted by molar-refractivity contribution is 5.45. The van der Waals surface area contributed by atoms with Gasteiger partial charge in [0.2, 0.25) is 0 Å². The SMILES string of the molecule is Fc1ccc2c(c1C1CCCN1)CCO2. The van der Waals surface area contributed by atoms with Crippen LogP contribution in [0.25, 0.3) is 0 Å². The highest BCUT2D eigenvalue weighted by Gasteiger charge is 2.27. The number of hydrogen-bond donors (Lipinski definition) is 1. The van der Waals surface area contributed by atoms with Crippen molar-refractivity contribution in [1.82, 2.24) is 5.32 Å². The third-order valence-electron chi connectivity index (χ3n) is 3.28. The van der Waals surface area contributed by atoms with E-state index in [1.54, 1.807) is 6.07 Å². The first kappa shape index (κ1) is 9.16. The fraction of sp³-hybridized carbons (Fsp3) is 0.500. The van der Waals surface area contributed by atoms with Gasteiger partial charge in [-0.15, -0.1) is 0 Å². The summed E-state index contributed by atoms with van der Waals surface area (Å²) in [6.07, 6.45) is 3.02. The number of rotatable bonds is 1. The monoisotopic (exact) mass is 207 g/mol. The molecule has 1 saturated heterocycles. The van der Waals surface area contributed by atoms with Crippen LogP contribution >= 0.6 is 0 Å². The summed E-state index contributed by atoms with van der Waals surface area (Å²) in [6.45, 7) is 1.69. The summed E-state index contributed by atoms with van der Waals surface area (Å²) in [7, 11) is 0. The van der Waals surface area contributed by atoms with E-state index in [4.69, 9.17) is 4.74 Å². The van der Waals surface area contributed by atoms with Crippen molar-refractivity contribution in [3.8, 4) is 5.75 Å². The van der Waals surface area contributed by atoms with Gasteiger partial charge in [0.1, 0.15) is 11.6 Å². The fourth-order valence-corrected chi connectivity index (χ4v) is 2.58. The van der Waals surface area contributed by atoms with Gasteiger partial charge in [0.15, 0.2) is 0 Å². The summed E-state index contributed by atoms with van der Waals surface area (Å²) >= 11 is 0. The van der Waals surface area contributed by atoms with Crippen molar-refractivity contribution in [2.45, 2.75) is 25.3 Å². The zero-order valence-electron chi connectivity index (χ0n) is 8.55. The molecule has 1 aromatic rings. The lowest BCUT2D eigenvalue weighted by atomic mass is 9.97. The van der Waals surface area contributed by atoms with Crippen LogP contribution in [-0.4, -0.2) is 13.2 Å². The van der Waals surface area contributed by atoms with E-state index in [0.29, 0.717) is 6.61 Å². The molecule has 2 nitrogen and oxygen atoms in total. The topological polar surface area (TPSA) is 21.3 Å². The van der Waals surface area contributed by atoms with E-state index >= 15 is 0 Å². The van der Waals surface area contributed by atoms with Crippen molar-refractivity contribution >= 4 is 0 Å². The van der Waals surface area contributed by atoms with Gasteiger partial charge in [-0.05, 0) is 31.5 Å². The minimum absolute atomic E-state index is 0.0846. The largest absolute Gasteiger partial charge is 0.493 e. The molecule has 0 radical (unpaired) electrons. The summed E-state index contributed by atoms with van der Waals surface area (Å²) in [5.74, 6) is 0.791. The molecule has 3 heteroatoms. The van der Waals surface area contributed by atoms with Crippen LogP contribution in [0.4, 0.5) is 4.39 Å². The van der Waals surface area contributed by atoms with E-state index in [9.17, 15) is 4.39 Å². The molecule has 2 aliphatic rings. The summed E-state index contributed by atoms with van der Waals surface area (Å²) < 4.78 is 19.3. The second-order valence-electron chi connectivity index (χ2n) is 4.19. The van der Waals surface area contributed by atoms with E-state index in [2.05, 4.69) is 5.32 Å². The molecule has 1 aromatic carbocycles. The average Bonchev–Trinajstić information content (AvgIpc) is 2.85. The zero-order valence-corrected chi connectivity index (χ0v) is 8.55. The van der Waals surface area contributed by atoms with Crippen LogP contribution in [0.5, 0.6) is 5.75 Å². The average molecular weight is 207 g/mol. The van der Waals surface area contributed by atoms with Crippen LogP contribution < -0.4 is 10.1 Å². The summed E-state index contributed by atoms with van der Waals surface area (Å²) in [5, 5.41) is 3.35. The molecule has 2 heterocycles. The molecule has 0 spiro atoms. The Morgan fingerprint density at radius 2 is 2.33 bits per heavy atom. The molecule has 15 heavy (non-hydrogen) atoms. The molecule has 0 saturated carbocycles. The highest BCUT2D eigenvalue weighted by Crippen LogP contribution is 2.36. The van der Waals surface area contributed by atoms with Gasteiger partial charge in [0.05, 0.1) is 6.61 Å². The standard InChI is InChI=1S/C12H14FNO/c13-9-3-4-11-8(5-7-15-11)12(9)10-2-1-6-14-10/h3-4,10,14H,1-2,5-7H2. The molecule has 1 fully saturated rings. The van der Waals surface area contributed by atoms with Gasteiger partial charge in [0, 0.05) is 23.6 Å². The Morgan fingerprint density at radius 3 is 3.13 bits per heavy atom. The van der Waals surface area contributed by atoms with E-state index in [1.165, 1.54) is 6.07 Å². The van der Waals surface area contributed by atoms with Gasteiger partial charge in [-0.3, -0.25) is 0 Å². The summed E-state index contributed by atoms with van der Waals surface area (Å²) in [6, 6.07) is 3.47. The Balaban J connectivity index is 2.08. The van der Waals surface area contributed by atoms with Crippen molar-refractivity contribution in [2.24, 2.45) is 0 Å². The molecule has 1 N–H and O–H groups in total. The lowest BCUT2D eigenvalue weighted by Crippen LogP contribution is -2.16. The molecule has 0 amide bonds. The quantitative estimate of drug-likeness (QED) is 0.762. The predicted octanol–water partition coefficient (Wildman–Crippen LogP) is 2.19. The van der Waals surface area contributed by atoms with Crippen molar-refractivity contribution in [1.29, 1.82) is 0 Å². The molecular weight excluding hydrogens is 193 g/mol. The van der Waals surface area contributed by atoms with Crippen LogP contribution in [0.1, 0.15) is 30.0 Å². The summed E-state index contributed by atoms with van der Waals surface area (Å²) in [5.41, 5.74) is 1.93. The van der Waals surface area contributed by atoms with Crippen LogP contribution in [0.15, 0.2) is 12.1 Å². The van der Waals surface area contributed by atoms with E-state index in [-0.39, 0.29) is 11.9 Å². The molecule has 1 unspecified atom stereocenters. The minimum Gasteiger partial charge on any atom is -0.493 e. The van der Waals surface area contributed by atoms with Crippen molar-refractivity contribution in [3.63, 3.8) is 0 Å². The predicted molar refractivity (Wildman–Crippen MR) is 55.6 cm³/mol. The van der Waals surface area contributed by atoms with Crippen molar-refractivity contribution in [3.05, 3.63) is 29.1 Å². The van der Waals surface area contributed by atoms with Gasteiger partial charge in [-0.1, -0.05) is 0 Å². The molecule has 3 rings (SSSR count). The number of nitrogens with one attached hydrogen (secondary N) is 1. The van der Waals surface area contributed by atoms with Gasteiger partial charge in [-0.2, -0.15) is 0 Å². The van der Waals surface area contributed by atoms with Crippen LogP contribution in [-0.2, 0) is 6.42 Å². The fourth-order valence-electron chi connectivity index (χ4n) is 2.58. The van der Waals surface area contributed by atoms with Crippen LogP contribution in [0.2, 0.25) is 0 Å². The summed E-state index contributed by atoms with van der Waals surface area (Å²) in [4.78, 5) is 0. The normalized spacial score (nSPS) is 23.9. The number of hydrogen-bond acceptors (Lipinski definition) is 2. The molecule has 0 bridgehead atoms.